The first-order chi connectivity index (χ1) is 7.86. The highest BCUT2D eigenvalue weighted by Crippen LogP contribution is 2.11. The highest BCUT2D eigenvalue weighted by atomic mass is 16.3. The molecule has 0 bridgehead atoms. The van der Waals surface area contributed by atoms with Crippen LogP contribution in [0, 0.1) is 0 Å². The Balaban J connectivity index is 2.12. The monoisotopic (exact) mass is 224 g/mol. The lowest BCUT2D eigenvalue weighted by Crippen LogP contribution is -2.36. The third kappa shape index (κ3) is 5.33. The molecule has 0 amide bonds. The summed E-state index contributed by atoms with van der Waals surface area (Å²) in [5.41, 5.74) is 4.11. The molecular weight excluding hydrogens is 200 g/mol. The number of nitrogens with one attached hydrogen (secondary N) is 1. The number of rotatable bonds is 9. The summed E-state index contributed by atoms with van der Waals surface area (Å²) in [6.45, 7) is 2.24. The number of nitrogens with two attached hydrogens (primary N) is 1. The molecule has 0 saturated heterocycles. The van der Waals surface area contributed by atoms with Gasteiger partial charge in [0.2, 0.25) is 0 Å². The molecular formula is C13H24N2O. The number of unbranched alkanes of at least 4 members (excludes halogenated alkanes) is 4. The van der Waals surface area contributed by atoms with E-state index in [1.807, 2.05) is 6.07 Å². The van der Waals surface area contributed by atoms with Gasteiger partial charge >= 0.3 is 0 Å². The fraction of sp³-hybridized carbons (Fsp3) is 0.692. The number of hydrazine groups is 1. The summed E-state index contributed by atoms with van der Waals surface area (Å²) in [7, 11) is 0. The lowest BCUT2D eigenvalue weighted by Gasteiger charge is -2.14. The van der Waals surface area contributed by atoms with Crippen LogP contribution in [0.2, 0.25) is 0 Å². The van der Waals surface area contributed by atoms with E-state index in [2.05, 4.69) is 12.3 Å². The number of hydrogen-bond acceptors (Lipinski definition) is 3. The second-order valence-corrected chi connectivity index (χ2v) is 4.40. The molecule has 1 unspecified atom stereocenters. The van der Waals surface area contributed by atoms with Gasteiger partial charge < -0.3 is 4.42 Å². The minimum atomic E-state index is 0.374. The topological polar surface area (TPSA) is 51.2 Å². The van der Waals surface area contributed by atoms with Gasteiger partial charge in [-0.2, -0.15) is 0 Å². The van der Waals surface area contributed by atoms with E-state index < -0.39 is 0 Å². The Morgan fingerprint density at radius 2 is 2.12 bits per heavy atom. The molecule has 1 aromatic rings. The summed E-state index contributed by atoms with van der Waals surface area (Å²) < 4.78 is 5.05. The molecule has 0 aromatic carbocycles. The minimum Gasteiger partial charge on any atom is -0.472 e. The van der Waals surface area contributed by atoms with Gasteiger partial charge in [0, 0.05) is 6.04 Å². The Morgan fingerprint density at radius 3 is 2.75 bits per heavy atom. The summed E-state index contributed by atoms with van der Waals surface area (Å²) in [5, 5.41) is 0. The summed E-state index contributed by atoms with van der Waals surface area (Å²) in [6.07, 6.45) is 12.2. The van der Waals surface area contributed by atoms with Gasteiger partial charge in [-0.3, -0.25) is 11.3 Å². The Kier molecular flexibility index (Phi) is 6.93. The quantitative estimate of drug-likeness (QED) is 0.385. The molecule has 3 nitrogen and oxygen atoms in total. The van der Waals surface area contributed by atoms with Crippen LogP contribution < -0.4 is 11.3 Å². The Labute approximate surface area is 98.4 Å². The molecule has 0 aliphatic heterocycles. The molecule has 1 atom stereocenters. The second kappa shape index (κ2) is 8.36. The molecule has 3 heteroatoms. The van der Waals surface area contributed by atoms with E-state index in [-0.39, 0.29) is 0 Å². The predicted molar refractivity (Wildman–Crippen MR) is 66.9 cm³/mol. The largest absolute Gasteiger partial charge is 0.472 e. The third-order valence-electron chi connectivity index (χ3n) is 2.95. The van der Waals surface area contributed by atoms with Gasteiger partial charge in [-0.25, -0.2) is 0 Å². The van der Waals surface area contributed by atoms with Crippen LogP contribution in [0.5, 0.6) is 0 Å². The van der Waals surface area contributed by atoms with Crippen LogP contribution in [0.4, 0.5) is 0 Å². The molecule has 1 aromatic heterocycles. The van der Waals surface area contributed by atoms with E-state index in [9.17, 15) is 0 Å². The smallest absolute Gasteiger partial charge is 0.0935 e. The highest BCUT2D eigenvalue weighted by molar-refractivity contribution is 5.07. The molecule has 0 aliphatic carbocycles. The molecule has 16 heavy (non-hydrogen) atoms. The number of hydrogen-bond donors (Lipinski definition) is 2. The van der Waals surface area contributed by atoms with E-state index in [4.69, 9.17) is 10.3 Å². The molecule has 0 spiro atoms. The minimum absolute atomic E-state index is 0.374. The van der Waals surface area contributed by atoms with Crippen LogP contribution in [0.1, 0.15) is 51.0 Å². The average molecular weight is 224 g/mol. The van der Waals surface area contributed by atoms with Crippen molar-refractivity contribution in [3.8, 4) is 0 Å². The lowest BCUT2D eigenvalue weighted by atomic mass is 10.0. The van der Waals surface area contributed by atoms with Crippen molar-refractivity contribution in [3.05, 3.63) is 24.2 Å². The Hall–Kier alpha value is -0.800. The summed E-state index contributed by atoms with van der Waals surface area (Å²) >= 11 is 0. The summed E-state index contributed by atoms with van der Waals surface area (Å²) in [4.78, 5) is 0. The fourth-order valence-corrected chi connectivity index (χ4v) is 1.93. The van der Waals surface area contributed by atoms with E-state index in [0.29, 0.717) is 6.04 Å². The Bertz CT molecular complexity index is 246. The molecule has 1 rings (SSSR count). The van der Waals surface area contributed by atoms with Crippen LogP contribution in [0.25, 0.3) is 0 Å². The van der Waals surface area contributed by atoms with Crippen molar-refractivity contribution in [2.75, 3.05) is 0 Å². The van der Waals surface area contributed by atoms with Gasteiger partial charge in [-0.05, 0) is 24.5 Å². The molecule has 0 fully saturated rings. The van der Waals surface area contributed by atoms with Crippen LogP contribution in [-0.2, 0) is 6.42 Å². The van der Waals surface area contributed by atoms with Crippen molar-refractivity contribution in [2.45, 2.75) is 57.9 Å². The summed E-state index contributed by atoms with van der Waals surface area (Å²) in [6, 6.07) is 2.38. The lowest BCUT2D eigenvalue weighted by molar-refractivity contribution is 0.458. The van der Waals surface area contributed by atoms with Crippen molar-refractivity contribution in [2.24, 2.45) is 5.84 Å². The van der Waals surface area contributed by atoms with Crippen LogP contribution in [0.3, 0.4) is 0 Å². The van der Waals surface area contributed by atoms with Gasteiger partial charge in [-0.15, -0.1) is 0 Å². The summed E-state index contributed by atoms with van der Waals surface area (Å²) in [5.74, 6) is 5.55. The second-order valence-electron chi connectivity index (χ2n) is 4.40. The van der Waals surface area contributed by atoms with E-state index in [0.717, 1.165) is 12.8 Å². The van der Waals surface area contributed by atoms with Crippen molar-refractivity contribution < 1.29 is 4.42 Å². The fourth-order valence-electron chi connectivity index (χ4n) is 1.93. The standard InChI is InChI=1S/C13H24N2O/c1-2-3-4-5-6-7-13(15-14)10-12-8-9-16-11-12/h8-9,11,13,15H,2-7,10,14H2,1H3. The molecule has 3 N–H and O–H groups in total. The first kappa shape index (κ1) is 13.3. The van der Waals surface area contributed by atoms with E-state index >= 15 is 0 Å². The van der Waals surface area contributed by atoms with Gasteiger partial charge in [0.1, 0.15) is 0 Å². The van der Waals surface area contributed by atoms with Crippen molar-refractivity contribution in [1.82, 2.24) is 5.43 Å². The average Bonchev–Trinajstić information content (AvgIpc) is 2.80. The molecule has 1 heterocycles. The van der Waals surface area contributed by atoms with Gasteiger partial charge in [-0.1, -0.05) is 39.0 Å². The highest BCUT2D eigenvalue weighted by Gasteiger charge is 2.07. The molecule has 0 saturated carbocycles. The van der Waals surface area contributed by atoms with Crippen molar-refractivity contribution in [1.29, 1.82) is 0 Å². The molecule has 92 valence electrons. The maximum atomic E-state index is 5.55. The first-order valence-corrected chi connectivity index (χ1v) is 6.34. The zero-order valence-corrected chi connectivity index (χ0v) is 10.2. The predicted octanol–water partition coefficient (Wildman–Crippen LogP) is 3.01. The maximum absolute atomic E-state index is 5.55. The van der Waals surface area contributed by atoms with Gasteiger partial charge in [0.25, 0.3) is 0 Å². The molecule has 0 radical (unpaired) electrons. The maximum Gasteiger partial charge on any atom is 0.0935 e. The Morgan fingerprint density at radius 1 is 1.31 bits per heavy atom. The molecule has 0 aliphatic rings. The van der Waals surface area contributed by atoms with Gasteiger partial charge in [0.05, 0.1) is 12.5 Å². The van der Waals surface area contributed by atoms with Crippen LogP contribution in [0.15, 0.2) is 23.0 Å². The van der Waals surface area contributed by atoms with Crippen molar-refractivity contribution >= 4 is 0 Å². The van der Waals surface area contributed by atoms with E-state index in [1.165, 1.54) is 37.7 Å². The normalized spacial score (nSPS) is 12.9. The third-order valence-corrected chi connectivity index (χ3v) is 2.95. The zero-order valence-electron chi connectivity index (χ0n) is 10.2. The SMILES string of the molecule is CCCCCCCC(Cc1ccoc1)NN. The van der Waals surface area contributed by atoms with Crippen LogP contribution in [-0.4, -0.2) is 6.04 Å². The van der Waals surface area contributed by atoms with Crippen LogP contribution >= 0.6 is 0 Å². The van der Waals surface area contributed by atoms with Gasteiger partial charge in [0.15, 0.2) is 0 Å². The zero-order chi connectivity index (χ0) is 11.6. The number of furan rings is 1. The van der Waals surface area contributed by atoms with Crippen molar-refractivity contribution in [3.63, 3.8) is 0 Å². The first-order valence-electron chi connectivity index (χ1n) is 6.34. The van der Waals surface area contributed by atoms with E-state index in [1.54, 1.807) is 12.5 Å².